The molecular formula is C27H30N2O. The third-order valence-corrected chi connectivity index (χ3v) is 6.99. The highest BCUT2D eigenvalue weighted by Gasteiger charge is 2.36. The highest BCUT2D eigenvalue weighted by atomic mass is 16.3. The second kappa shape index (κ2) is 7.55. The Bertz CT molecular complexity index is 1180. The summed E-state index contributed by atoms with van der Waals surface area (Å²) in [6.45, 7) is 4.19. The van der Waals surface area contributed by atoms with Crippen LogP contribution in [0.1, 0.15) is 63.1 Å². The molecule has 1 heterocycles. The van der Waals surface area contributed by atoms with Crippen molar-refractivity contribution in [3.8, 4) is 0 Å². The van der Waals surface area contributed by atoms with E-state index in [0.717, 1.165) is 27.3 Å². The zero-order valence-electron chi connectivity index (χ0n) is 17.9. The minimum atomic E-state index is -1.07. The Balaban J connectivity index is 1.64. The standard InChI is InChI=1S/C27H30N2O/c1-19(2)27(30,25-14-8-10-20-9-6-7-13-24(20)25)22-15-16-26-21(17-22)18-28-29(26)23-11-4-3-5-12-23/h6-10,13-19,23,30H,3-5,11-12H2,1-2H3. The summed E-state index contributed by atoms with van der Waals surface area (Å²) >= 11 is 0. The zero-order valence-corrected chi connectivity index (χ0v) is 17.9. The first-order valence-electron chi connectivity index (χ1n) is 11.3. The summed E-state index contributed by atoms with van der Waals surface area (Å²) < 4.78 is 2.21. The summed E-state index contributed by atoms with van der Waals surface area (Å²) in [7, 11) is 0. The van der Waals surface area contributed by atoms with Crippen molar-refractivity contribution in [2.45, 2.75) is 57.6 Å². The second-order valence-electron chi connectivity index (χ2n) is 9.10. The van der Waals surface area contributed by atoms with E-state index in [4.69, 9.17) is 5.10 Å². The van der Waals surface area contributed by atoms with E-state index >= 15 is 0 Å². The number of fused-ring (bicyclic) bond motifs is 2. The van der Waals surface area contributed by atoms with Crippen LogP contribution < -0.4 is 0 Å². The fraction of sp³-hybridized carbons (Fsp3) is 0.370. The van der Waals surface area contributed by atoms with Crippen molar-refractivity contribution in [1.29, 1.82) is 0 Å². The van der Waals surface area contributed by atoms with Crippen LogP contribution in [0.25, 0.3) is 21.7 Å². The fourth-order valence-corrected chi connectivity index (χ4v) is 5.26. The van der Waals surface area contributed by atoms with E-state index in [9.17, 15) is 5.11 Å². The van der Waals surface area contributed by atoms with Gasteiger partial charge in [0.1, 0.15) is 5.60 Å². The minimum absolute atomic E-state index is 0.0224. The van der Waals surface area contributed by atoms with Gasteiger partial charge in [-0.05, 0) is 52.8 Å². The van der Waals surface area contributed by atoms with E-state index in [2.05, 4.69) is 61.0 Å². The highest BCUT2D eigenvalue weighted by molar-refractivity contribution is 5.87. The molecule has 1 aliphatic rings. The van der Waals surface area contributed by atoms with Gasteiger partial charge in [-0.2, -0.15) is 5.10 Å². The van der Waals surface area contributed by atoms with E-state index in [0.29, 0.717) is 6.04 Å². The van der Waals surface area contributed by atoms with Gasteiger partial charge in [0, 0.05) is 5.39 Å². The van der Waals surface area contributed by atoms with Crippen molar-refractivity contribution in [1.82, 2.24) is 9.78 Å². The molecule has 1 unspecified atom stereocenters. The molecule has 0 radical (unpaired) electrons. The number of aliphatic hydroxyl groups is 1. The Labute approximate surface area is 178 Å². The molecule has 0 saturated heterocycles. The Kier molecular flexibility index (Phi) is 4.86. The summed E-state index contributed by atoms with van der Waals surface area (Å²) in [6.07, 6.45) is 8.31. The average Bonchev–Trinajstić information content (AvgIpc) is 3.22. The third kappa shape index (κ3) is 3.04. The fourth-order valence-electron chi connectivity index (χ4n) is 5.26. The van der Waals surface area contributed by atoms with Crippen molar-refractivity contribution in [3.63, 3.8) is 0 Å². The van der Waals surface area contributed by atoms with Gasteiger partial charge in [-0.25, -0.2) is 0 Å². The topological polar surface area (TPSA) is 38.1 Å². The molecule has 1 aromatic heterocycles. The summed E-state index contributed by atoms with van der Waals surface area (Å²) in [5.74, 6) is 0.0224. The Morgan fingerprint density at radius 3 is 2.50 bits per heavy atom. The maximum Gasteiger partial charge on any atom is 0.117 e. The van der Waals surface area contributed by atoms with Crippen molar-refractivity contribution in [2.24, 2.45) is 5.92 Å². The maximum atomic E-state index is 12.1. The van der Waals surface area contributed by atoms with Crippen LogP contribution in [0.15, 0.2) is 66.9 Å². The molecule has 3 heteroatoms. The maximum absolute atomic E-state index is 12.1. The number of benzene rings is 3. The third-order valence-electron chi connectivity index (χ3n) is 6.99. The largest absolute Gasteiger partial charge is 0.380 e. The van der Waals surface area contributed by atoms with Gasteiger partial charge in [0.2, 0.25) is 0 Å². The highest BCUT2D eigenvalue weighted by Crippen LogP contribution is 2.41. The molecule has 0 aliphatic heterocycles. The van der Waals surface area contributed by atoms with Gasteiger partial charge in [-0.3, -0.25) is 4.68 Å². The van der Waals surface area contributed by atoms with Gasteiger partial charge in [-0.15, -0.1) is 0 Å². The normalized spacial score (nSPS) is 17.6. The molecule has 154 valence electrons. The first-order chi connectivity index (χ1) is 14.6. The quantitative estimate of drug-likeness (QED) is 0.421. The van der Waals surface area contributed by atoms with E-state index in [-0.39, 0.29) is 5.92 Å². The molecule has 4 aromatic rings. The number of hydrogen-bond donors (Lipinski definition) is 1. The minimum Gasteiger partial charge on any atom is -0.380 e. The molecule has 1 N–H and O–H groups in total. The molecule has 5 rings (SSSR count). The van der Waals surface area contributed by atoms with E-state index in [1.807, 2.05) is 24.4 Å². The number of hydrogen-bond acceptors (Lipinski definition) is 2. The van der Waals surface area contributed by atoms with Crippen LogP contribution in [0.3, 0.4) is 0 Å². The Morgan fingerprint density at radius 1 is 0.933 bits per heavy atom. The van der Waals surface area contributed by atoms with Crippen molar-refractivity contribution in [2.75, 3.05) is 0 Å². The molecule has 30 heavy (non-hydrogen) atoms. The van der Waals surface area contributed by atoms with Crippen LogP contribution in [0.5, 0.6) is 0 Å². The van der Waals surface area contributed by atoms with Crippen molar-refractivity contribution < 1.29 is 5.11 Å². The van der Waals surface area contributed by atoms with Crippen LogP contribution in [0.4, 0.5) is 0 Å². The van der Waals surface area contributed by atoms with Crippen LogP contribution in [-0.2, 0) is 5.60 Å². The van der Waals surface area contributed by atoms with Crippen LogP contribution in [-0.4, -0.2) is 14.9 Å². The lowest BCUT2D eigenvalue weighted by Crippen LogP contribution is -2.33. The lowest BCUT2D eigenvalue weighted by molar-refractivity contribution is 0.0333. The van der Waals surface area contributed by atoms with Crippen LogP contribution in [0.2, 0.25) is 0 Å². The van der Waals surface area contributed by atoms with Gasteiger partial charge in [0.25, 0.3) is 0 Å². The van der Waals surface area contributed by atoms with Gasteiger partial charge in [-0.1, -0.05) is 81.6 Å². The first-order valence-corrected chi connectivity index (χ1v) is 11.3. The molecule has 1 saturated carbocycles. The zero-order chi connectivity index (χ0) is 20.7. The Hall–Kier alpha value is -2.65. The van der Waals surface area contributed by atoms with Gasteiger partial charge < -0.3 is 5.11 Å². The van der Waals surface area contributed by atoms with Gasteiger partial charge >= 0.3 is 0 Å². The molecule has 0 amide bonds. The van der Waals surface area contributed by atoms with Gasteiger partial charge in [0.15, 0.2) is 0 Å². The smallest absolute Gasteiger partial charge is 0.117 e. The molecule has 3 aromatic carbocycles. The SMILES string of the molecule is CC(C)C(O)(c1ccc2c(cnn2C2CCCCC2)c1)c1cccc2ccccc12. The van der Waals surface area contributed by atoms with Crippen molar-refractivity contribution in [3.05, 3.63) is 78.0 Å². The second-order valence-corrected chi connectivity index (χ2v) is 9.10. The monoisotopic (exact) mass is 398 g/mol. The predicted octanol–water partition coefficient (Wildman–Crippen LogP) is 6.59. The molecular weight excluding hydrogens is 368 g/mol. The number of nitrogens with zero attached hydrogens (tertiary/aromatic N) is 2. The van der Waals surface area contributed by atoms with E-state index in [1.165, 1.54) is 37.6 Å². The first kappa shape index (κ1) is 19.3. The van der Waals surface area contributed by atoms with Crippen molar-refractivity contribution >= 4 is 21.7 Å². The average molecular weight is 399 g/mol. The number of rotatable bonds is 4. The molecule has 0 bridgehead atoms. The van der Waals surface area contributed by atoms with Crippen LogP contribution in [0, 0.1) is 5.92 Å². The van der Waals surface area contributed by atoms with E-state index in [1.54, 1.807) is 0 Å². The van der Waals surface area contributed by atoms with E-state index < -0.39 is 5.60 Å². The molecule has 0 spiro atoms. The summed E-state index contributed by atoms with van der Waals surface area (Å²) in [5.41, 5.74) is 2.01. The molecule has 1 atom stereocenters. The summed E-state index contributed by atoms with van der Waals surface area (Å²) in [6, 6.07) is 21.4. The lowest BCUT2D eigenvalue weighted by Gasteiger charge is -2.34. The lowest BCUT2D eigenvalue weighted by atomic mass is 9.76. The molecule has 3 nitrogen and oxygen atoms in total. The summed E-state index contributed by atoms with van der Waals surface area (Å²) in [5, 5.41) is 20.2. The molecule has 1 fully saturated rings. The van der Waals surface area contributed by atoms with Crippen LogP contribution >= 0.6 is 0 Å². The Morgan fingerprint density at radius 2 is 1.70 bits per heavy atom. The van der Waals surface area contributed by atoms with Gasteiger partial charge in [0.05, 0.1) is 17.8 Å². The number of aromatic nitrogens is 2. The summed E-state index contributed by atoms with van der Waals surface area (Å²) in [4.78, 5) is 0. The molecule has 1 aliphatic carbocycles. The predicted molar refractivity (Wildman–Crippen MR) is 124 cm³/mol.